The minimum Gasteiger partial charge on any atom is -0.497 e. The molecule has 0 spiro atoms. The van der Waals surface area contributed by atoms with Gasteiger partial charge in [0.15, 0.2) is 0 Å². The van der Waals surface area contributed by atoms with E-state index in [1.807, 2.05) is 24.3 Å². The molecule has 3 N–H and O–H groups in total. The van der Waals surface area contributed by atoms with Crippen molar-refractivity contribution in [2.45, 2.75) is 13.0 Å². The van der Waals surface area contributed by atoms with Gasteiger partial charge >= 0.3 is 0 Å². The van der Waals surface area contributed by atoms with Gasteiger partial charge in [-0.2, -0.15) is 4.68 Å². The zero-order valence-corrected chi connectivity index (χ0v) is 11.6. The van der Waals surface area contributed by atoms with Crippen LogP contribution in [0.1, 0.15) is 18.5 Å². The van der Waals surface area contributed by atoms with E-state index in [1.54, 1.807) is 14.0 Å². The molecule has 8 heteroatoms. The Labute approximate surface area is 120 Å². The molecule has 0 bridgehead atoms. The van der Waals surface area contributed by atoms with E-state index in [0.717, 1.165) is 5.56 Å². The smallest absolute Gasteiger partial charge is 0.248 e. The molecule has 1 amide bonds. The third kappa shape index (κ3) is 2.10. The summed E-state index contributed by atoms with van der Waals surface area (Å²) in [6.45, 7) is 1.77. The predicted octanol–water partition coefficient (Wildman–Crippen LogP) is 0.456. The minimum absolute atomic E-state index is 0.419. The molecule has 2 aromatic rings. The van der Waals surface area contributed by atoms with Crippen molar-refractivity contribution >= 4 is 11.9 Å². The predicted molar refractivity (Wildman–Crippen MR) is 74.5 cm³/mol. The number of carbonyl (C=O) groups is 1. The van der Waals surface area contributed by atoms with E-state index in [1.165, 1.54) is 4.68 Å². The number of benzene rings is 1. The SMILES string of the molecule is COc1cccc(C2C(C(N)=O)=C(C)Nc3nnnn32)c1. The average molecular weight is 286 g/mol. The summed E-state index contributed by atoms with van der Waals surface area (Å²) in [6, 6.07) is 6.89. The van der Waals surface area contributed by atoms with Crippen LogP contribution in [0.5, 0.6) is 5.75 Å². The Bertz CT molecular complexity index is 736. The van der Waals surface area contributed by atoms with Crippen LogP contribution in [0.4, 0.5) is 5.95 Å². The van der Waals surface area contributed by atoms with Crippen molar-refractivity contribution in [1.29, 1.82) is 0 Å². The molecule has 0 saturated carbocycles. The Kier molecular flexibility index (Phi) is 3.05. The Morgan fingerprint density at radius 2 is 2.29 bits per heavy atom. The fourth-order valence-electron chi connectivity index (χ4n) is 2.45. The van der Waals surface area contributed by atoms with E-state index in [0.29, 0.717) is 23.0 Å². The summed E-state index contributed by atoms with van der Waals surface area (Å²) in [7, 11) is 1.58. The van der Waals surface area contributed by atoms with Crippen molar-refractivity contribution in [3.8, 4) is 5.75 Å². The Morgan fingerprint density at radius 3 is 3.00 bits per heavy atom. The van der Waals surface area contributed by atoms with Crippen molar-refractivity contribution in [3.63, 3.8) is 0 Å². The number of fused-ring (bicyclic) bond motifs is 1. The second-order valence-corrected chi connectivity index (χ2v) is 4.65. The van der Waals surface area contributed by atoms with Crippen molar-refractivity contribution in [1.82, 2.24) is 20.2 Å². The summed E-state index contributed by atoms with van der Waals surface area (Å²) in [5.74, 6) is 0.626. The van der Waals surface area contributed by atoms with Gasteiger partial charge in [0.1, 0.15) is 11.8 Å². The number of rotatable bonds is 3. The fourth-order valence-corrected chi connectivity index (χ4v) is 2.45. The lowest BCUT2D eigenvalue weighted by molar-refractivity contribution is -0.115. The van der Waals surface area contributed by atoms with Crippen molar-refractivity contribution < 1.29 is 9.53 Å². The zero-order chi connectivity index (χ0) is 15.0. The second kappa shape index (κ2) is 4.89. The first-order valence-electron chi connectivity index (χ1n) is 6.31. The van der Waals surface area contributed by atoms with Crippen molar-refractivity contribution in [3.05, 3.63) is 41.1 Å². The number of methoxy groups -OCH3 is 1. The van der Waals surface area contributed by atoms with Crippen LogP contribution in [-0.4, -0.2) is 33.2 Å². The highest BCUT2D eigenvalue weighted by Gasteiger charge is 2.32. The number of ether oxygens (including phenoxy) is 1. The van der Waals surface area contributed by atoms with E-state index >= 15 is 0 Å². The molecule has 21 heavy (non-hydrogen) atoms. The van der Waals surface area contributed by atoms with Crippen LogP contribution in [0.2, 0.25) is 0 Å². The first-order chi connectivity index (χ1) is 10.1. The summed E-state index contributed by atoms with van der Waals surface area (Å²) in [6.07, 6.45) is 0. The number of nitrogens with zero attached hydrogens (tertiary/aromatic N) is 4. The standard InChI is InChI=1S/C13H14N6O2/c1-7-10(12(14)20)11(19-13(15-7)16-17-18-19)8-4-3-5-9(6-8)21-2/h3-6,11H,1-2H3,(H2,14,20)(H,15,16,18). The summed E-state index contributed by atoms with van der Waals surface area (Å²) in [5, 5.41) is 14.5. The van der Waals surface area contributed by atoms with E-state index in [2.05, 4.69) is 20.8 Å². The molecule has 8 nitrogen and oxygen atoms in total. The molecule has 0 saturated heterocycles. The average Bonchev–Trinajstić information content (AvgIpc) is 2.93. The molecule has 1 aromatic carbocycles. The van der Waals surface area contributed by atoms with Gasteiger partial charge in [-0.1, -0.05) is 17.2 Å². The third-order valence-corrected chi connectivity index (χ3v) is 3.39. The maximum absolute atomic E-state index is 11.8. The molecule has 1 atom stereocenters. The number of hydrogen-bond acceptors (Lipinski definition) is 6. The van der Waals surface area contributed by atoms with Gasteiger partial charge in [0, 0.05) is 5.70 Å². The number of allylic oxidation sites excluding steroid dienone is 1. The number of nitrogens with two attached hydrogens (primary N) is 1. The van der Waals surface area contributed by atoms with Gasteiger partial charge in [-0.25, -0.2) is 0 Å². The number of hydrogen-bond donors (Lipinski definition) is 2. The second-order valence-electron chi connectivity index (χ2n) is 4.65. The van der Waals surface area contributed by atoms with Crippen LogP contribution < -0.4 is 15.8 Å². The van der Waals surface area contributed by atoms with Gasteiger partial charge in [0.2, 0.25) is 11.9 Å². The molecule has 1 unspecified atom stereocenters. The van der Waals surface area contributed by atoms with Gasteiger partial charge in [-0.05, 0) is 35.0 Å². The number of anilines is 1. The van der Waals surface area contributed by atoms with Crippen LogP contribution >= 0.6 is 0 Å². The highest BCUT2D eigenvalue weighted by atomic mass is 16.5. The van der Waals surface area contributed by atoms with Gasteiger partial charge in [-0.15, -0.1) is 0 Å². The molecule has 1 aliphatic heterocycles. The number of primary amides is 1. The number of aromatic nitrogens is 4. The molecule has 0 fully saturated rings. The normalized spacial score (nSPS) is 17.1. The number of nitrogens with one attached hydrogen (secondary N) is 1. The van der Waals surface area contributed by atoms with Crippen LogP contribution in [0.15, 0.2) is 35.5 Å². The molecule has 0 aliphatic carbocycles. The van der Waals surface area contributed by atoms with E-state index in [9.17, 15) is 4.79 Å². The quantitative estimate of drug-likeness (QED) is 0.848. The topological polar surface area (TPSA) is 108 Å². The summed E-state index contributed by atoms with van der Waals surface area (Å²) in [4.78, 5) is 11.8. The molecular formula is C13H14N6O2. The van der Waals surface area contributed by atoms with Crippen molar-refractivity contribution in [2.24, 2.45) is 5.73 Å². The largest absolute Gasteiger partial charge is 0.497 e. The maximum atomic E-state index is 11.8. The number of amides is 1. The molecule has 2 heterocycles. The van der Waals surface area contributed by atoms with E-state index in [-0.39, 0.29) is 0 Å². The summed E-state index contributed by atoms with van der Waals surface area (Å²) >= 11 is 0. The minimum atomic E-state index is -0.519. The third-order valence-electron chi connectivity index (χ3n) is 3.39. The van der Waals surface area contributed by atoms with Gasteiger partial charge in [0.05, 0.1) is 12.7 Å². The van der Waals surface area contributed by atoms with Crippen LogP contribution in [0, 0.1) is 0 Å². The van der Waals surface area contributed by atoms with Crippen LogP contribution in [0.3, 0.4) is 0 Å². The molecule has 1 aromatic heterocycles. The lowest BCUT2D eigenvalue weighted by Crippen LogP contribution is -2.31. The molecule has 108 valence electrons. The lowest BCUT2D eigenvalue weighted by atomic mass is 9.95. The first kappa shape index (κ1) is 13.1. The van der Waals surface area contributed by atoms with Gasteiger partial charge in [0.25, 0.3) is 0 Å². The van der Waals surface area contributed by atoms with Crippen LogP contribution in [-0.2, 0) is 4.79 Å². The van der Waals surface area contributed by atoms with E-state index in [4.69, 9.17) is 10.5 Å². The number of tetrazole rings is 1. The fraction of sp³-hybridized carbons (Fsp3) is 0.231. The molecule has 3 rings (SSSR count). The Hall–Kier alpha value is -2.90. The van der Waals surface area contributed by atoms with Gasteiger partial charge in [-0.3, -0.25) is 4.79 Å². The summed E-state index contributed by atoms with van der Waals surface area (Å²) in [5.41, 5.74) is 7.41. The highest BCUT2D eigenvalue weighted by molar-refractivity contribution is 5.95. The zero-order valence-electron chi connectivity index (χ0n) is 11.6. The molecule has 0 radical (unpaired) electrons. The van der Waals surface area contributed by atoms with Crippen LogP contribution in [0.25, 0.3) is 0 Å². The maximum Gasteiger partial charge on any atom is 0.248 e. The van der Waals surface area contributed by atoms with Crippen molar-refractivity contribution in [2.75, 3.05) is 12.4 Å². The van der Waals surface area contributed by atoms with E-state index < -0.39 is 11.9 Å². The molecule has 1 aliphatic rings. The highest BCUT2D eigenvalue weighted by Crippen LogP contribution is 2.34. The summed E-state index contributed by atoms with van der Waals surface area (Å²) < 4.78 is 6.76. The molecular weight excluding hydrogens is 272 g/mol. The monoisotopic (exact) mass is 286 g/mol. The first-order valence-corrected chi connectivity index (χ1v) is 6.31. The number of carbonyl (C=O) groups excluding carboxylic acids is 1. The lowest BCUT2D eigenvalue weighted by Gasteiger charge is -2.27. The Balaban J connectivity index is 2.19. The van der Waals surface area contributed by atoms with Gasteiger partial charge < -0.3 is 15.8 Å². The Morgan fingerprint density at radius 1 is 1.48 bits per heavy atom.